The highest BCUT2D eigenvalue weighted by Gasteiger charge is 2.11. The molecule has 0 aromatic carbocycles. The van der Waals surface area contributed by atoms with Gasteiger partial charge in [-0.2, -0.15) is 8.42 Å². The summed E-state index contributed by atoms with van der Waals surface area (Å²) in [5.41, 5.74) is 0. The van der Waals surface area contributed by atoms with Crippen molar-refractivity contribution in [2.24, 2.45) is 5.92 Å². The maximum Gasteiger partial charge on any atom is 0.317 e. The fourth-order valence-corrected chi connectivity index (χ4v) is 1.24. The summed E-state index contributed by atoms with van der Waals surface area (Å²) in [4.78, 5) is 0.837. The molecule has 15 heavy (non-hydrogen) atoms. The normalized spacial score (nSPS) is 20.4. The van der Waals surface area contributed by atoms with Crippen LogP contribution >= 0.6 is 33.6 Å². The van der Waals surface area contributed by atoms with Crippen LogP contribution in [0.1, 0.15) is 13.3 Å². The Balaban J connectivity index is 0.000000336. The number of allylic oxidation sites excluding steroid dienone is 4. The average molecular weight is 291 g/mol. The Morgan fingerprint density at radius 2 is 1.93 bits per heavy atom. The highest BCUT2D eigenvalue weighted by atomic mass is 36.0. The second-order valence-corrected chi connectivity index (χ2v) is 6.82. The van der Waals surface area contributed by atoms with Crippen molar-refractivity contribution < 1.29 is 12.8 Å². The van der Waals surface area contributed by atoms with Crippen molar-refractivity contribution in [2.45, 2.75) is 13.3 Å². The molecule has 0 bridgehead atoms. The van der Waals surface area contributed by atoms with Gasteiger partial charge in [-0.25, -0.2) is 4.39 Å². The minimum absolute atomic E-state index is 0.139. The molecule has 0 fully saturated rings. The van der Waals surface area contributed by atoms with Gasteiger partial charge in [0.25, 0.3) is 0 Å². The van der Waals surface area contributed by atoms with Gasteiger partial charge in [-0.3, -0.25) is 0 Å². The lowest BCUT2D eigenvalue weighted by molar-refractivity contribution is 0.621. The number of rotatable bonds is 1. The van der Waals surface area contributed by atoms with Crippen LogP contribution in [0.2, 0.25) is 0 Å². The Labute approximate surface area is 103 Å². The van der Waals surface area contributed by atoms with Crippen LogP contribution in [0.25, 0.3) is 0 Å². The second-order valence-electron chi connectivity index (χ2n) is 2.68. The van der Waals surface area contributed by atoms with E-state index in [1.54, 1.807) is 12.2 Å². The molecule has 0 saturated carbocycles. The molecule has 0 saturated heterocycles. The molecule has 7 heteroatoms. The van der Waals surface area contributed by atoms with E-state index in [2.05, 4.69) is 21.4 Å². The Morgan fingerprint density at radius 1 is 1.47 bits per heavy atom. The molecule has 1 atom stereocenters. The van der Waals surface area contributed by atoms with Gasteiger partial charge in [-0.15, -0.1) is 0 Å². The van der Waals surface area contributed by atoms with Crippen LogP contribution in [0.3, 0.4) is 0 Å². The van der Waals surface area contributed by atoms with E-state index in [0.29, 0.717) is 0 Å². The van der Waals surface area contributed by atoms with Crippen LogP contribution in [0, 0.1) is 5.92 Å². The van der Waals surface area contributed by atoms with Crippen molar-refractivity contribution in [3.05, 3.63) is 24.1 Å². The predicted molar refractivity (Wildman–Crippen MR) is 65.3 cm³/mol. The van der Waals surface area contributed by atoms with E-state index in [1.807, 2.05) is 6.92 Å². The molecule has 1 aliphatic rings. The lowest BCUT2D eigenvalue weighted by atomic mass is 9.98. The molecule has 1 rings (SSSR count). The van der Waals surface area contributed by atoms with Crippen molar-refractivity contribution in [1.82, 2.24) is 0 Å². The van der Waals surface area contributed by atoms with Gasteiger partial charge in [-0.1, -0.05) is 19.1 Å². The fraction of sp³-hybridized carbons (Fsp3) is 0.375. The van der Waals surface area contributed by atoms with Crippen LogP contribution in [0.4, 0.5) is 4.39 Å². The summed E-state index contributed by atoms with van der Waals surface area (Å²) in [6.07, 6.45) is 5.53. The largest absolute Gasteiger partial charge is 0.317 e. The molecule has 0 radical (unpaired) electrons. The lowest BCUT2D eigenvalue weighted by Gasteiger charge is -2.11. The van der Waals surface area contributed by atoms with Gasteiger partial charge in [0.15, 0.2) is 0 Å². The van der Waals surface area contributed by atoms with E-state index in [-0.39, 0.29) is 11.7 Å². The number of hydrogen-bond donors (Lipinski definition) is 0. The molecule has 1 unspecified atom stereocenters. The summed E-state index contributed by atoms with van der Waals surface area (Å²) in [6.45, 7) is 2.00. The van der Waals surface area contributed by atoms with Gasteiger partial charge in [-0.05, 0) is 24.6 Å². The van der Waals surface area contributed by atoms with Gasteiger partial charge in [0, 0.05) is 32.1 Å². The first-order valence-corrected chi connectivity index (χ1v) is 7.52. The number of thiocarbonyl (C=S) groups is 1. The zero-order chi connectivity index (χ0) is 12.1. The summed E-state index contributed by atoms with van der Waals surface area (Å²) in [5.74, 6) is -0.0274. The van der Waals surface area contributed by atoms with Crippen molar-refractivity contribution in [3.8, 4) is 0 Å². The molecule has 2 nitrogen and oxygen atoms in total. The fourth-order valence-electron chi connectivity index (χ4n) is 0.934. The van der Waals surface area contributed by atoms with Crippen LogP contribution in [-0.2, 0) is 8.26 Å². The summed E-state index contributed by atoms with van der Waals surface area (Å²) in [6, 6.07) is 0. The molecule has 0 amide bonds. The third kappa shape index (κ3) is 8.99. The Morgan fingerprint density at radius 3 is 2.27 bits per heavy atom. The standard InChI is InChI=1S/C8H9FS.Cl2O2S/c1-2-6-5-7(9)3-4-8(6)10;1-5(2,3)4/h3-6H,2H2,1H3;. The Bertz CT molecular complexity index is 379. The molecule has 86 valence electrons. The molecule has 0 aromatic rings. The molecule has 0 spiro atoms. The van der Waals surface area contributed by atoms with E-state index < -0.39 is 8.26 Å². The lowest BCUT2D eigenvalue weighted by Crippen LogP contribution is -2.08. The topological polar surface area (TPSA) is 34.1 Å². The summed E-state index contributed by atoms with van der Waals surface area (Å²) < 4.78 is 30.8. The Hall–Kier alpha value is 0.0300. The number of halogens is 3. The third-order valence-electron chi connectivity index (χ3n) is 1.57. The van der Waals surface area contributed by atoms with E-state index in [9.17, 15) is 4.39 Å². The van der Waals surface area contributed by atoms with Crippen molar-refractivity contribution in [1.29, 1.82) is 0 Å². The zero-order valence-corrected chi connectivity index (χ0v) is 10.9. The highest BCUT2D eigenvalue weighted by Crippen LogP contribution is 2.18. The van der Waals surface area contributed by atoms with Gasteiger partial charge < -0.3 is 0 Å². The SMILES string of the molecule is CCC1C=C(F)C=CC1=S.O=S(=O)(Cl)Cl. The molecule has 0 heterocycles. The summed E-state index contributed by atoms with van der Waals surface area (Å²) in [5, 5.41) is 0. The highest BCUT2D eigenvalue weighted by molar-refractivity contribution is 8.31. The summed E-state index contributed by atoms with van der Waals surface area (Å²) in [7, 11) is 4.81. The molecular formula is C8H9Cl2FO2S2. The van der Waals surface area contributed by atoms with Crippen molar-refractivity contribution >= 4 is 46.7 Å². The van der Waals surface area contributed by atoms with E-state index in [4.69, 9.17) is 20.6 Å². The minimum Gasteiger partial charge on any atom is -0.207 e. The Kier molecular flexibility index (Phi) is 6.59. The molecule has 0 aromatic heterocycles. The first-order valence-electron chi connectivity index (χ1n) is 3.97. The second kappa shape index (κ2) is 6.58. The first kappa shape index (κ1) is 15.0. The van der Waals surface area contributed by atoms with Gasteiger partial charge in [0.05, 0.1) is 0 Å². The van der Waals surface area contributed by atoms with Crippen LogP contribution in [0.5, 0.6) is 0 Å². The average Bonchev–Trinajstić information content (AvgIpc) is 2.06. The molecular weight excluding hydrogens is 282 g/mol. The van der Waals surface area contributed by atoms with Gasteiger partial charge in [0.2, 0.25) is 0 Å². The zero-order valence-electron chi connectivity index (χ0n) is 7.78. The van der Waals surface area contributed by atoms with E-state index >= 15 is 0 Å². The smallest absolute Gasteiger partial charge is 0.207 e. The maximum absolute atomic E-state index is 12.5. The van der Waals surface area contributed by atoms with Crippen molar-refractivity contribution in [3.63, 3.8) is 0 Å². The number of hydrogen-bond acceptors (Lipinski definition) is 3. The van der Waals surface area contributed by atoms with Crippen molar-refractivity contribution in [2.75, 3.05) is 0 Å². The molecule has 1 aliphatic carbocycles. The first-order chi connectivity index (χ1) is 6.74. The van der Waals surface area contributed by atoms with Crippen LogP contribution in [0.15, 0.2) is 24.1 Å². The quantitative estimate of drug-likeness (QED) is 0.547. The molecule has 0 aliphatic heterocycles. The third-order valence-corrected chi connectivity index (χ3v) is 2.01. The monoisotopic (exact) mass is 290 g/mol. The van der Waals surface area contributed by atoms with Gasteiger partial charge in [0.1, 0.15) is 5.83 Å². The van der Waals surface area contributed by atoms with E-state index in [0.717, 1.165) is 11.3 Å². The van der Waals surface area contributed by atoms with Crippen LogP contribution < -0.4 is 0 Å². The molecule has 0 N–H and O–H groups in total. The van der Waals surface area contributed by atoms with E-state index in [1.165, 1.54) is 6.08 Å². The maximum atomic E-state index is 12.5. The predicted octanol–water partition coefficient (Wildman–Crippen LogP) is 3.51. The van der Waals surface area contributed by atoms with Gasteiger partial charge >= 0.3 is 8.26 Å². The van der Waals surface area contributed by atoms with Crippen LogP contribution in [-0.4, -0.2) is 13.3 Å². The minimum atomic E-state index is -3.72. The summed E-state index contributed by atoms with van der Waals surface area (Å²) >= 11 is 4.98.